The number of anilines is 1. The first kappa shape index (κ1) is 22.1. The summed E-state index contributed by atoms with van der Waals surface area (Å²) in [6.07, 6.45) is 4.73. The number of thiocarbonyl (C=S) groups is 1. The highest BCUT2D eigenvalue weighted by Gasteiger charge is 2.40. The molecule has 0 aliphatic carbocycles. The molecule has 0 saturated carbocycles. The van der Waals surface area contributed by atoms with Crippen LogP contribution in [-0.2, 0) is 0 Å². The van der Waals surface area contributed by atoms with Gasteiger partial charge in [-0.05, 0) is 79.3 Å². The number of rotatable bonds is 8. The van der Waals surface area contributed by atoms with Crippen molar-refractivity contribution in [3.05, 3.63) is 115 Å². The zero-order valence-electron chi connectivity index (χ0n) is 18.6. The van der Waals surface area contributed by atoms with Gasteiger partial charge >= 0.3 is 0 Å². The Bertz CT molecular complexity index is 1230. The maximum atomic E-state index is 13.6. The third-order valence-corrected chi connectivity index (χ3v) is 6.42. The van der Waals surface area contributed by atoms with Gasteiger partial charge in [0.1, 0.15) is 5.82 Å². The Balaban J connectivity index is 1.42. The minimum Gasteiger partial charge on any atom is -0.385 e. The molecule has 5 nitrogen and oxygen atoms in total. The smallest absolute Gasteiger partial charge is 0.170 e. The Morgan fingerprint density at radius 1 is 0.941 bits per heavy atom. The number of benzene rings is 2. The third kappa shape index (κ3) is 4.65. The lowest BCUT2D eigenvalue weighted by molar-refractivity contribution is 0.307. The monoisotopic (exact) mass is 471 g/mol. The molecule has 2 aromatic carbocycles. The maximum absolute atomic E-state index is 13.6. The summed E-state index contributed by atoms with van der Waals surface area (Å²) in [6, 6.07) is 26.7. The van der Waals surface area contributed by atoms with Crippen LogP contribution in [-0.4, -0.2) is 32.7 Å². The number of halogens is 1. The van der Waals surface area contributed by atoms with Crippen LogP contribution in [0.15, 0.2) is 97.3 Å². The third-order valence-electron chi connectivity index (χ3n) is 6.06. The Morgan fingerprint density at radius 2 is 1.74 bits per heavy atom. The molecule has 0 amide bonds. The topological polar surface area (TPSA) is 45.1 Å². The molecule has 1 fully saturated rings. The number of aromatic nitrogens is 2. The van der Waals surface area contributed by atoms with Crippen molar-refractivity contribution in [1.82, 2.24) is 19.8 Å². The number of hydrogen-bond acceptors (Lipinski definition) is 3. The molecule has 172 valence electrons. The van der Waals surface area contributed by atoms with Gasteiger partial charge in [-0.25, -0.2) is 4.39 Å². The van der Waals surface area contributed by atoms with Gasteiger partial charge in [-0.15, -0.1) is 0 Å². The van der Waals surface area contributed by atoms with Gasteiger partial charge in [0.25, 0.3) is 0 Å². The Kier molecular flexibility index (Phi) is 6.53. The van der Waals surface area contributed by atoms with Crippen molar-refractivity contribution in [2.45, 2.75) is 18.5 Å². The number of hydrogen-bond donors (Lipinski definition) is 2. The minimum atomic E-state index is -0.250. The highest BCUT2D eigenvalue weighted by atomic mass is 32.1. The van der Waals surface area contributed by atoms with Gasteiger partial charge < -0.3 is 20.1 Å². The zero-order valence-corrected chi connectivity index (χ0v) is 19.5. The quantitative estimate of drug-likeness (QED) is 0.263. The van der Waals surface area contributed by atoms with E-state index in [9.17, 15) is 4.39 Å². The van der Waals surface area contributed by atoms with E-state index in [1.807, 2.05) is 54.9 Å². The number of pyridine rings is 1. The van der Waals surface area contributed by atoms with Crippen LogP contribution in [0.2, 0.25) is 0 Å². The molecule has 34 heavy (non-hydrogen) atoms. The molecule has 1 saturated heterocycles. The first-order valence-corrected chi connectivity index (χ1v) is 11.8. The lowest BCUT2D eigenvalue weighted by Gasteiger charge is -2.29. The van der Waals surface area contributed by atoms with E-state index in [0.29, 0.717) is 5.11 Å². The Hall–Kier alpha value is -3.71. The Labute approximate surface area is 204 Å². The first-order chi connectivity index (χ1) is 16.7. The van der Waals surface area contributed by atoms with Gasteiger partial charge in [0.15, 0.2) is 5.11 Å². The molecule has 0 radical (unpaired) electrons. The SMILES string of the molecule is Fc1ccc(-n2cccc2C2C(c3ccccn3)NC(=S)N2CCCNc2ccccc2)cc1. The van der Waals surface area contributed by atoms with Gasteiger partial charge in [0, 0.05) is 42.6 Å². The number of nitrogens with zero attached hydrogens (tertiary/aromatic N) is 3. The van der Waals surface area contributed by atoms with Crippen LogP contribution in [0, 0.1) is 5.82 Å². The summed E-state index contributed by atoms with van der Waals surface area (Å²) >= 11 is 5.80. The molecule has 4 aromatic rings. The minimum absolute atomic E-state index is 0.0563. The zero-order chi connectivity index (χ0) is 23.3. The van der Waals surface area contributed by atoms with Gasteiger partial charge in [0.2, 0.25) is 0 Å². The highest BCUT2D eigenvalue weighted by Crippen LogP contribution is 2.39. The molecule has 1 aliphatic heterocycles. The van der Waals surface area contributed by atoms with Crippen molar-refractivity contribution in [3.8, 4) is 5.69 Å². The van der Waals surface area contributed by atoms with Crippen LogP contribution in [0.4, 0.5) is 10.1 Å². The van der Waals surface area contributed by atoms with E-state index >= 15 is 0 Å². The van der Waals surface area contributed by atoms with Crippen LogP contribution < -0.4 is 10.6 Å². The van der Waals surface area contributed by atoms with E-state index in [0.717, 1.165) is 42.3 Å². The number of para-hydroxylation sites is 1. The molecule has 2 aromatic heterocycles. The predicted molar refractivity (Wildman–Crippen MR) is 137 cm³/mol. The van der Waals surface area contributed by atoms with Gasteiger partial charge in [0.05, 0.1) is 17.8 Å². The van der Waals surface area contributed by atoms with Crippen molar-refractivity contribution >= 4 is 23.0 Å². The summed E-state index contributed by atoms with van der Waals surface area (Å²) in [5, 5.41) is 7.70. The summed E-state index contributed by atoms with van der Waals surface area (Å²) in [7, 11) is 0. The van der Waals surface area contributed by atoms with Crippen molar-refractivity contribution in [1.29, 1.82) is 0 Å². The fraction of sp³-hybridized carbons (Fsp3) is 0.185. The van der Waals surface area contributed by atoms with Gasteiger partial charge in [-0.3, -0.25) is 4.98 Å². The summed E-state index contributed by atoms with van der Waals surface area (Å²) in [4.78, 5) is 6.87. The summed E-state index contributed by atoms with van der Waals surface area (Å²) in [5.41, 5.74) is 4.03. The van der Waals surface area contributed by atoms with E-state index in [4.69, 9.17) is 12.2 Å². The summed E-state index contributed by atoms with van der Waals surface area (Å²) in [5.74, 6) is -0.250. The highest BCUT2D eigenvalue weighted by molar-refractivity contribution is 7.80. The fourth-order valence-corrected chi connectivity index (χ4v) is 4.81. The lowest BCUT2D eigenvalue weighted by Crippen LogP contribution is -2.32. The van der Waals surface area contributed by atoms with Crippen LogP contribution in [0.25, 0.3) is 5.69 Å². The van der Waals surface area contributed by atoms with Crippen LogP contribution >= 0.6 is 12.2 Å². The van der Waals surface area contributed by atoms with E-state index in [2.05, 4.69) is 43.3 Å². The maximum Gasteiger partial charge on any atom is 0.170 e. The van der Waals surface area contributed by atoms with Crippen molar-refractivity contribution in [2.75, 3.05) is 18.4 Å². The van der Waals surface area contributed by atoms with Crippen molar-refractivity contribution in [3.63, 3.8) is 0 Å². The standard InChI is InChI=1S/C27H26FN5S/c28-20-12-14-22(15-13-20)32-18-6-11-24(32)26-25(23-10-4-5-16-30-23)31-27(34)33(26)19-7-17-29-21-8-2-1-3-9-21/h1-6,8-16,18,25-26,29H,7,17,19H2,(H,31,34). The second-order valence-corrected chi connectivity index (χ2v) is 8.63. The largest absolute Gasteiger partial charge is 0.385 e. The summed E-state index contributed by atoms with van der Waals surface area (Å²) < 4.78 is 15.7. The molecular weight excluding hydrogens is 445 g/mol. The molecule has 3 heterocycles. The van der Waals surface area contributed by atoms with Crippen LogP contribution in [0.3, 0.4) is 0 Å². The van der Waals surface area contributed by atoms with E-state index in [1.54, 1.807) is 12.1 Å². The molecule has 0 bridgehead atoms. The van der Waals surface area contributed by atoms with E-state index in [-0.39, 0.29) is 17.9 Å². The molecule has 5 rings (SSSR count). The van der Waals surface area contributed by atoms with Gasteiger partial charge in [-0.2, -0.15) is 0 Å². The Morgan fingerprint density at radius 3 is 2.50 bits per heavy atom. The first-order valence-electron chi connectivity index (χ1n) is 11.4. The van der Waals surface area contributed by atoms with E-state index < -0.39 is 0 Å². The molecule has 7 heteroatoms. The normalized spacial score (nSPS) is 17.6. The molecule has 0 spiro atoms. The van der Waals surface area contributed by atoms with Gasteiger partial charge in [-0.1, -0.05) is 24.3 Å². The average Bonchev–Trinajstić information content (AvgIpc) is 3.48. The molecule has 1 aliphatic rings. The molecule has 2 N–H and O–H groups in total. The predicted octanol–water partition coefficient (Wildman–Crippen LogP) is 5.49. The second-order valence-electron chi connectivity index (χ2n) is 8.25. The molecule has 2 unspecified atom stereocenters. The van der Waals surface area contributed by atoms with Crippen LogP contribution in [0.5, 0.6) is 0 Å². The summed E-state index contributed by atoms with van der Waals surface area (Å²) in [6.45, 7) is 1.62. The fourth-order valence-electron chi connectivity index (χ4n) is 4.48. The number of nitrogens with one attached hydrogen (secondary N) is 2. The second kappa shape index (κ2) is 10.1. The van der Waals surface area contributed by atoms with Crippen molar-refractivity contribution < 1.29 is 4.39 Å². The van der Waals surface area contributed by atoms with E-state index in [1.165, 1.54) is 12.1 Å². The lowest BCUT2D eigenvalue weighted by atomic mass is 10.0. The molecular formula is C27H26FN5S. The van der Waals surface area contributed by atoms with Crippen molar-refractivity contribution in [2.24, 2.45) is 0 Å². The molecule has 2 atom stereocenters. The van der Waals surface area contributed by atoms with Crippen LogP contribution in [0.1, 0.15) is 29.9 Å². The average molecular weight is 472 g/mol.